The Morgan fingerprint density at radius 1 is 1.18 bits per heavy atom. The predicted octanol–water partition coefficient (Wildman–Crippen LogP) is 1.92. The second-order valence-corrected chi connectivity index (χ2v) is 9.91. The molecular formula is C12H20O4Si. The summed E-state index contributed by atoms with van der Waals surface area (Å²) in [6.45, 7) is 6.29. The van der Waals surface area contributed by atoms with Crippen LogP contribution in [0, 0.1) is 5.92 Å². The van der Waals surface area contributed by atoms with Crippen molar-refractivity contribution in [2.24, 2.45) is 5.92 Å². The minimum absolute atomic E-state index is 0.367. The van der Waals surface area contributed by atoms with Gasteiger partial charge in [-0.3, -0.25) is 0 Å². The molecule has 0 saturated carbocycles. The lowest BCUT2D eigenvalue weighted by molar-refractivity contribution is -0.139. The van der Waals surface area contributed by atoms with Crippen LogP contribution in [0.3, 0.4) is 0 Å². The second kappa shape index (κ2) is 5.04. The zero-order valence-electron chi connectivity index (χ0n) is 11.1. The summed E-state index contributed by atoms with van der Waals surface area (Å²) in [6.07, 6.45) is 0.605. The molecule has 1 unspecified atom stereocenters. The van der Waals surface area contributed by atoms with Gasteiger partial charge in [0.25, 0.3) is 0 Å². The summed E-state index contributed by atoms with van der Waals surface area (Å²) in [5.74, 6) is -0.342. The highest BCUT2D eigenvalue weighted by atomic mass is 28.3. The molecule has 0 aromatic rings. The molecule has 0 radical (unpaired) electrons. The third-order valence-electron chi connectivity index (χ3n) is 3.21. The maximum Gasteiger partial charge on any atom is 0.333 e. The number of carbonyl (C=O) groups is 2. The van der Waals surface area contributed by atoms with Gasteiger partial charge in [-0.25, -0.2) is 9.59 Å². The van der Waals surface area contributed by atoms with E-state index in [1.165, 1.54) is 14.2 Å². The standard InChI is InChI=1S/C12H20O4Si/c1-8-6-9(11(13)15-2)10(12(14)16-3)17(4,5)7-8/h8H,6-7H2,1-5H3. The lowest BCUT2D eigenvalue weighted by atomic mass is 10.0. The Morgan fingerprint density at radius 2 is 1.71 bits per heavy atom. The van der Waals surface area contributed by atoms with Crippen LogP contribution in [-0.2, 0) is 19.1 Å². The Morgan fingerprint density at radius 3 is 2.18 bits per heavy atom. The van der Waals surface area contributed by atoms with E-state index < -0.39 is 14.0 Å². The molecule has 0 amide bonds. The Hall–Kier alpha value is -1.10. The lowest BCUT2D eigenvalue weighted by Crippen LogP contribution is -2.41. The van der Waals surface area contributed by atoms with E-state index in [1.54, 1.807) is 0 Å². The molecule has 0 bridgehead atoms. The van der Waals surface area contributed by atoms with Crippen molar-refractivity contribution in [3.63, 3.8) is 0 Å². The summed E-state index contributed by atoms with van der Waals surface area (Å²) in [6, 6.07) is 0.998. The Balaban J connectivity index is 3.32. The van der Waals surface area contributed by atoms with Crippen LogP contribution in [-0.4, -0.2) is 34.2 Å². The van der Waals surface area contributed by atoms with Gasteiger partial charge in [0.15, 0.2) is 0 Å². The van der Waals surface area contributed by atoms with Crippen molar-refractivity contribution in [1.29, 1.82) is 0 Å². The average Bonchev–Trinajstić information content (AvgIpc) is 2.24. The van der Waals surface area contributed by atoms with Gasteiger partial charge >= 0.3 is 11.9 Å². The van der Waals surface area contributed by atoms with E-state index in [-0.39, 0.29) is 5.97 Å². The highest BCUT2D eigenvalue weighted by molar-refractivity contribution is 6.88. The zero-order chi connectivity index (χ0) is 13.2. The monoisotopic (exact) mass is 256 g/mol. The molecule has 1 heterocycles. The fraction of sp³-hybridized carbons (Fsp3) is 0.667. The van der Waals surface area contributed by atoms with Crippen LogP contribution in [0.4, 0.5) is 0 Å². The summed E-state index contributed by atoms with van der Waals surface area (Å²) in [4.78, 5) is 23.6. The van der Waals surface area contributed by atoms with Gasteiger partial charge in [0.1, 0.15) is 0 Å². The molecule has 5 heteroatoms. The molecule has 1 rings (SSSR count). The Labute approximate surface area is 103 Å². The SMILES string of the molecule is COC(=O)C1=C(C(=O)OC)[Si](C)(C)CC(C)C1. The quantitative estimate of drug-likeness (QED) is 0.559. The van der Waals surface area contributed by atoms with Crippen molar-refractivity contribution in [3.05, 3.63) is 10.8 Å². The Kier molecular flexibility index (Phi) is 4.14. The minimum atomic E-state index is -1.90. The summed E-state index contributed by atoms with van der Waals surface area (Å²) < 4.78 is 9.59. The van der Waals surface area contributed by atoms with Crippen LogP contribution in [0.1, 0.15) is 13.3 Å². The number of rotatable bonds is 2. The van der Waals surface area contributed by atoms with Crippen LogP contribution in [0.5, 0.6) is 0 Å². The first-order valence-electron chi connectivity index (χ1n) is 5.73. The van der Waals surface area contributed by atoms with Crippen molar-refractivity contribution in [2.75, 3.05) is 14.2 Å². The average molecular weight is 256 g/mol. The van der Waals surface area contributed by atoms with Crippen molar-refractivity contribution in [1.82, 2.24) is 0 Å². The Bertz CT molecular complexity index is 371. The van der Waals surface area contributed by atoms with Crippen molar-refractivity contribution >= 4 is 20.0 Å². The summed E-state index contributed by atoms with van der Waals surface area (Å²) in [5, 5.41) is 0.602. The van der Waals surface area contributed by atoms with Gasteiger partial charge in [0.2, 0.25) is 0 Å². The molecule has 0 fully saturated rings. The topological polar surface area (TPSA) is 52.6 Å². The maximum atomic E-state index is 11.9. The number of hydrogen-bond donors (Lipinski definition) is 0. The first-order valence-corrected chi connectivity index (χ1v) is 8.94. The molecule has 17 heavy (non-hydrogen) atoms. The van der Waals surface area contributed by atoms with E-state index in [9.17, 15) is 9.59 Å². The molecular weight excluding hydrogens is 236 g/mol. The van der Waals surface area contributed by atoms with Crippen LogP contribution in [0.2, 0.25) is 19.1 Å². The maximum absolute atomic E-state index is 11.9. The molecule has 0 saturated heterocycles. The molecule has 0 aromatic heterocycles. The van der Waals surface area contributed by atoms with Gasteiger partial charge < -0.3 is 9.47 Å². The van der Waals surface area contributed by atoms with E-state index in [2.05, 4.69) is 20.0 Å². The van der Waals surface area contributed by atoms with Gasteiger partial charge in [-0.15, -0.1) is 0 Å². The number of ether oxygens (including phenoxy) is 2. The van der Waals surface area contributed by atoms with Gasteiger partial charge in [-0.05, 0) is 12.3 Å². The molecule has 1 atom stereocenters. The van der Waals surface area contributed by atoms with Gasteiger partial charge in [0.05, 0.1) is 22.3 Å². The number of esters is 2. The van der Waals surface area contributed by atoms with Crippen LogP contribution in [0.15, 0.2) is 10.8 Å². The van der Waals surface area contributed by atoms with Crippen LogP contribution >= 0.6 is 0 Å². The van der Waals surface area contributed by atoms with E-state index >= 15 is 0 Å². The third kappa shape index (κ3) is 2.77. The van der Waals surface area contributed by atoms with E-state index in [0.717, 1.165) is 6.04 Å². The summed E-state index contributed by atoms with van der Waals surface area (Å²) in [5.41, 5.74) is 0.523. The van der Waals surface area contributed by atoms with Gasteiger partial charge in [0, 0.05) is 10.8 Å². The number of carbonyl (C=O) groups excluding carboxylic acids is 2. The molecule has 96 valence electrons. The van der Waals surface area contributed by atoms with Gasteiger partial charge in [-0.2, -0.15) is 0 Å². The summed E-state index contributed by atoms with van der Waals surface area (Å²) >= 11 is 0. The number of methoxy groups -OCH3 is 2. The molecule has 1 aliphatic rings. The van der Waals surface area contributed by atoms with Gasteiger partial charge in [-0.1, -0.05) is 26.1 Å². The van der Waals surface area contributed by atoms with Crippen LogP contribution < -0.4 is 0 Å². The highest BCUT2D eigenvalue weighted by Gasteiger charge is 2.41. The van der Waals surface area contributed by atoms with E-state index in [0.29, 0.717) is 23.1 Å². The van der Waals surface area contributed by atoms with Crippen molar-refractivity contribution < 1.29 is 19.1 Å². The largest absolute Gasteiger partial charge is 0.466 e. The summed E-state index contributed by atoms with van der Waals surface area (Å²) in [7, 11) is 0.794. The van der Waals surface area contributed by atoms with Crippen molar-refractivity contribution in [3.8, 4) is 0 Å². The predicted molar refractivity (Wildman–Crippen MR) is 67.1 cm³/mol. The molecule has 4 nitrogen and oxygen atoms in total. The second-order valence-electron chi connectivity index (χ2n) is 5.23. The molecule has 0 N–H and O–H groups in total. The molecule has 0 aromatic carbocycles. The first-order chi connectivity index (χ1) is 7.83. The molecule has 0 spiro atoms. The molecule has 1 aliphatic heterocycles. The third-order valence-corrected chi connectivity index (χ3v) is 6.79. The first kappa shape index (κ1) is 14.0. The normalized spacial score (nSPS) is 23.2. The van der Waals surface area contributed by atoms with E-state index in [4.69, 9.17) is 9.47 Å². The smallest absolute Gasteiger partial charge is 0.333 e. The lowest BCUT2D eigenvalue weighted by Gasteiger charge is -2.34. The number of hydrogen-bond acceptors (Lipinski definition) is 4. The van der Waals surface area contributed by atoms with Crippen LogP contribution in [0.25, 0.3) is 0 Å². The zero-order valence-corrected chi connectivity index (χ0v) is 12.1. The van der Waals surface area contributed by atoms with Crippen molar-refractivity contribution in [2.45, 2.75) is 32.5 Å². The highest BCUT2D eigenvalue weighted by Crippen LogP contribution is 2.37. The van der Waals surface area contributed by atoms with E-state index in [1.807, 2.05) is 0 Å². The fourth-order valence-electron chi connectivity index (χ4n) is 2.71. The molecule has 0 aliphatic carbocycles. The fourth-order valence-corrected chi connectivity index (χ4v) is 6.48. The minimum Gasteiger partial charge on any atom is -0.466 e.